The van der Waals surface area contributed by atoms with Gasteiger partial charge in [-0.05, 0) is 35.4 Å². The monoisotopic (exact) mass is 181 g/mol. The number of carbonyl (C=O) groups excluding carboxylic acids is 1. The Labute approximate surface area is 75.6 Å². The molecule has 0 bridgehead atoms. The molecule has 0 aliphatic rings. The van der Waals surface area contributed by atoms with Crippen molar-refractivity contribution in [2.75, 3.05) is 5.73 Å². The molecular weight excluding hydrogens is 174 g/mol. The fourth-order valence-corrected chi connectivity index (χ4v) is 0.832. The van der Waals surface area contributed by atoms with Gasteiger partial charge in [-0.1, -0.05) is 18.2 Å². The molecule has 1 aromatic rings. The quantitative estimate of drug-likeness (QED) is 0.431. The highest BCUT2D eigenvalue weighted by Gasteiger charge is 1.88. The molecule has 3 heteroatoms. The first-order valence-corrected chi connectivity index (χ1v) is 3.79. The predicted molar refractivity (Wildman–Crippen MR) is 50.7 cm³/mol. The van der Waals surface area contributed by atoms with Crippen LogP contribution in [0.4, 0.5) is 5.69 Å². The van der Waals surface area contributed by atoms with Crippen LogP contribution in [-0.2, 0) is 4.79 Å². The maximum Gasteiger partial charge on any atom is 0.245 e. The number of allylic oxidation sites excluding steroid dienone is 1. The number of nitrogen functional groups attached to an aromatic ring is 1. The number of nitrogens with two attached hydrogens (primary N) is 1. The second-order valence-electron chi connectivity index (χ2n) is 2.30. The van der Waals surface area contributed by atoms with E-state index in [-0.39, 0.29) is 0 Å². The van der Waals surface area contributed by atoms with Gasteiger partial charge in [-0.25, -0.2) is 0 Å². The molecule has 62 valence electrons. The Bertz CT molecular complexity index is 303. The molecule has 0 atom stereocenters. The third kappa shape index (κ3) is 2.76. The van der Waals surface area contributed by atoms with Crippen LogP contribution in [0.2, 0.25) is 0 Å². The van der Waals surface area contributed by atoms with Crippen LogP contribution in [0.3, 0.4) is 0 Å². The molecule has 1 aromatic carbocycles. The number of hydrogen-bond acceptors (Lipinski definition) is 2. The van der Waals surface area contributed by atoms with Crippen molar-refractivity contribution >= 4 is 28.6 Å². The van der Waals surface area contributed by atoms with E-state index in [1.165, 1.54) is 6.08 Å². The Morgan fingerprint density at radius 2 is 1.92 bits per heavy atom. The number of halogens is 1. The molecule has 0 saturated carbocycles. The number of benzene rings is 1. The molecule has 0 spiro atoms. The maximum atomic E-state index is 10.3. The van der Waals surface area contributed by atoms with Crippen molar-refractivity contribution in [2.45, 2.75) is 0 Å². The van der Waals surface area contributed by atoms with Gasteiger partial charge in [0, 0.05) is 5.69 Å². The van der Waals surface area contributed by atoms with Crippen molar-refractivity contribution in [2.24, 2.45) is 0 Å². The van der Waals surface area contributed by atoms with E-state index in [0.717, 1.165) is 5.56 Å². The lowest BCUT2D eigenvalue weighted by Crippen LogP contribution is -1.83. The third-order valence-electron chi connectivity index (χ3n) is 1.34. The molecule has 0 amide bonds. The summed E-state index contributed by atoms with van der Waals surface area (Å²) in [6.45, 7) is 0. The third-order valence-corrected chi connectivity index (χ3v) is 1.47. The smallest absolute Gasteiger partial charge is 0.245 e. The summed E-state index contributed by atoms with van der Waals surface area (Å²) in [5, 5.41) is -0.480. The summed E-state index contributed by atoms with van der Waals surface area (Å²) in [6.07, 6.45) is 2.93. The second kappa shape index (κ2) is 3.93. The van der Waals surface area contributed by atoms with Crippen molar-refractivity contribution in [3.8, 4) is 0 Å². The van der Waals surface area contributed by atoms with Crippen LogP contribution >= 0.6 is 11.6 Å². The normalized spacial score (nSPS) is 10.4. The highest BCUT2D eigenvalue weighted by atomic mass is 35.5. The van der Waals surface area contributed by atoms with Gasteiger partial charge < -0.3 is 5.73 Å². The van der Waals surface area contributed by atoms with E-state index in [2.05, 4.69) is 0 Å². The largest absolute Gasteiger partial charge is 0.399 e. The van der Waals surface area contributed by atoms with Crippen molar-refractivity contribution in [1.82, 2.24) is 0 Å². The summed E-state index contributed by atoms with van der Waals surface area (Å²) in [5.74, 6) is 0. The minimum absolute atomic E-state index is 0.480. The van der Waals surface area contributed by atoms with Crippen molar-refractivity contribution in [3.63, 3.8) is 0 Å². The zero-order valence-electron chi connectivity index (χ0n) is 6.33. The molecule has 0 aliphatic carbocycles. The average Bonchev–Trinajstić information content (AvgIpc) is 2.03. The Balaban J connectivity index is 2.77. The molecule has 1 rings (SSSR count). The van der Waals surface area contributed by atoms with Crippen LogP contribution in [0.5, 0.6) is 0 Å². The molecule has 12 heavy (non-hydrogen) atoms. The van der Waals surface area contributed by atoms with Crippen LogP contribution < -0.4 is 5.73 Å². The molecule has 0 unspecified atom stereocenters. The summed E-state index contributed by atoms with van der Waals surface area (Å²) in [5.41, 5.74) is 7.07. The Kier molecular flexibility index (Phi) is 2.88. The molecule has 0 saturated heterocycles. The molecule has 0 aliphatic heterocycles. The molecule has 2 nitrogen and oxygen atoms in total. The number of rotatable bonds is 2. The number of carbonyl (C=O) groups is 1. The topological polar surface area (TPSA) is 43.1 Å². The van der Waals surface area contributed by atoms with Gasteiger partial charge in [0.25, 0.3) is 0 Å². The zero-order chi connectivity index (χ0) is 8.97. The van der Waals surface area contributed by atoms with Gasteiger partial charge in [0.1, 0.15) is 0 Å². The van der Waals surface area contributed by atoms with Crippen LogP contribution in [0, 0.1) is 0 Å². The minimum atomic E-state index is -0.480. The van der Waals surface area contributed by atoms with Crippen molar-refractivity contribution in [3.05, 3.63) is 35.9 Å². The number of anilines is 1. The Hall–Kier alpha value is -1.28. The lowest BCUT2D eigenvalue weighted by Gasteiger charge is -1.92. The predicted octanol–water partition coefficient (Wildman–Crippen LogP) is 2.05. The van der Waals surface area contributed by atoms with E-state index in [9.17, 15) is 4.79 Å². The van der Waals surface area contributed by atoms with Crippen LogP contribution in [0.15, 0.2) is 30.3 Å². The fraction of sp³-hybridized carbons (Fsp3) is 0. The van der Waals surface area contributed by atoms with Gasteiger partial charge in [0.05, 0.1) is 0 Å². The summed E-state index contributed by atoms with van der Waals surface area (Å²) in [4.78, 5) is 10.3. The van der Waals surface area contributed by atoms with Crippen LogP contribution in [-0.4, -0.2) is 5.24 Å². The van der Waals surface area contributed by atoms with E-state index < -0.39 is 5.24 Å². The molecule has 0 heterocycles. The Morgan fingerprint density at radius 3 is 2.42 bits per heavy atom. The highest BCUT2D eigenvalue weighted by Crippen LogP contribution is 2.06. The van der Waals surface area contributed by atoms with E-state index >= 15 is 0 Å². The van der Waals surface area contributed by atoms with Gasteiger partial charge in [0.2, 0.25) is 5.24 Å². The first kappa shape index (κ1) is 8.81. The van der Waals surface area contributed by atoms with Gasteiger partial charge in [0.15, 0.2) is 0 Å². The minimum Gasteiger partial charge on any atom is -0.399 e. The average molecular weight is 182 g/mol. The molecule has 0 aromatic heterocycles. The Morgan fingerprint density at radius 1 is 1.33 bits per heavy atom. The van der Waals surface area contributed by atoms with Gasteiger partial charge in [-0.15, -0.1) is 0 Å². The summed E-state index contributed by atoms with van der Waals surface area (Å²) in [6, 6.07) is 7.15. The summed E-state index contributed by atoms with van der Waals surface area (Å²) < 4.78 is 0. The summed E-state index contributed by atoms with van der Waals surface area (Å²) >= 11 is 5.11. The lowest BCUT2D eigenvalue weighted by atomic mass is 10.2. The summed E-state index contributed by atoms with van der Waals surface area (Å²) in [7, 11) is 0. The molecule has 0 fully saturated rings. The first-order chi connectivity index (χ1) is 5.68. The van der Waals surface area contributed by atoms with Crippen LogP contribution in [0.25, 0.3) is 6.08 Å². The number of hydrogen-bond donors (Lipinski definition) is 1. The van der Waals surface area contributed by atoms with Gasteiger partial charge >= 0.3 is 0 Å². The zero-order valence-corrected chi connectivity index (χ0v) is 7.08. The van der Waals surface area contributed by atoms with E-state index in [1.54, 1.807) is 18.2 Å². The SMILES string of the molecule is Nc1ccc(/C=C/C(=O)Cl)cc1. The maximum absolute atomic E-state index is 10.3. The lowest BCUT2D eigenvalue weighted by molar-refractivity contribution is -0.107. The highest BCUT2D eigenvalue weighted by molar-refractivity contribution is 6.66. The van der Waals surface area contributed by atoms with Gasteiger partial charge in [-0.2, -0.15) is 0 Å². The second-order valence-corrected chi connectivity index (χ2v) is 2.68. The van der Waals surface area contributed by atoms with Crippen LogP contribution in [0.1, 0.15) is 5.56 Å². The molecular formula is C9H8ClNO. The molecule has 0 radical (unpaired) electrons. The fourth-order valence-electron chi connectivity index (χ4n) is 0.769. The standard InChI is InChI=1S/C9H8ClNO/c10-9(12)6-3-7-1-4-8(11)5-2-7/h1-6H,11H2/b6-3+. The van der Waals surface area contributed by atoms with Crippen molar-refractivity contribution in [1.29, 1.82) is 0 Å². The molecule has 2 N–H and O–H groups in total. The van der Waals surface area contributed by atoms with E-state index in [4.69, 9.17) is 17.3 Å². The first-order valence-electron chi connectivity index (χ1n) is 3.41. The van der Waals surface area contributed by atoms with Gasteiger partial charge in [-0.3, -0.25) is 4.79 Å². The van der Waals surface area contributed by atoms with E-state index in [1.807, 2.05) is 12.1 Å². The van der Waals surface area contributed by atoms with E-state index in [0.29, 0.717) is 5.69 Å². The van der Waals surface area contributed by atoms with Crippen molar-refractivity contribution < 1.29 is 4.79 Å².